The molecular formula is C20H30N2O4. The molecule has 1 fully saturated rings. The highest BCUT2D eigenvalue weighted by Crippen LogP contribution is 2.09. The van der Waals surface area contributed by atoms with Crippen LogP contribution in [0, 0.1) is 6.92 Å². The van der Waals surface area contributed by atoms with Crippen molar-refractivity contribution in [1.29, 1.82) is 0 Å². The van der Waals surface area contributed by atoms with Crippen molar-refractivity contribution >= 4 is 11.9 Å². The fourth-order valence-corrected chi connectivity index (χ4v) is 2.96. The minimum Gasteiger partial charge on any atom is -0.466 e. The summed E-state index contributed by atoms with van der Waals surface area (Å²) >= 11 is 0. The molecule has 1 aliphatic heterocycles. The zero-order chi connectivity index (χ0) is 18.8. The quantitative estimate of drug-likeness (QED) is 0.630. The zero-order valence-electron chi connectivity index (χ0n) is 15.9. The average Bonchev–Trinajstić information content (AvgIpc) is 2.65. The summed E-state index contributed by atoms with van der Waals surface area (Å²) in [5.41, 5.74) is 1.78. The maximum absolute atomic E-state index is 12.8. The number of benzene rings is 1. The molecule has 1 amide bonds. The number of hydrogen-bond acceptors (Lipinski definition) is 5. The molecule has 0 saturated carbocycles. The third-order valence-corrected chi connectivity index (χ3v) is 4.48. The van der Waals surface area contributed by atoms with Crippen molar-refractivity contribution in [2.24, 2.45) is 0 Å². The maximum atomic E-state index is 12.8. The number of hydrogen-bond donors (Lipinski definition) is 0. The first-order valence-electron chi connectivity index (χ1n) is 9.42. The van der Waals surface area contributed by atoms with Crippen LogP contribution in [0.3, 0.4) is 0 Å². The lowest BCUT2D eigenvalue weighted by atomic mass is 10.1. The number of nitrogens with zero attached hydrogens (tertiary/aromatic N) is 2. The Labute approximate surface area is 156 Å². The number of carbonyl (C=O) groups excluding carboxylic acids is 2. The van der Waals surface area contributed by atoms with Crippen LogP contribution in [-0.4, -0.2) is 74.2 Å². The van der Waals surface area contributed by atoms with Crippen LogP contribution >= 0.6 is 0 Å². The SMILES string of the molecule is CCOC(=O)CCN(CCCN1CCOCC1)C(=O)c1ccc(C)cc1. The summed E-state index contributed by atoms with van der Waals surface area (Å²) in [7, 11) is 0. The summed E-state index contributed by atoms with van der Waals surface area (Å²) < 4.78 is 10.4. The van der Waals surface area contributed by atoms with Gasteiger partial charge in [0.1, 0.15) is 0 Å². The van der Waals surface area contributed by atoms with Crippen molar-refractivity contribution in [3.8, 4) is 0 Å². The molecule has 0 N–H and O–H groups in total. The summed E-state index contributed by atoms with van der Waals surface area (Å²) in [6.45, 7) is 9.51. The van der Waals surface area contributed by atoms with E-state index in [1.807, 2.05) is 31.2 Å². The first-order chi connectivity index (χ1) is 12.6. The number of ether oxygens (including phenoxy) is 2. The molecule has 1 aliphatic rings. The van der Waals surface area contributed by atoms with Crippen molar-refractivity contribution in [3.63, 3.8) is 0 Å². The average molecular weight is 362 g/mol. The molecule has 0 atom stereocenters. The van der Waals surface area contributed by atoms with Crippen molar-refractivity contribution in [1.82, 2.24) is 9.80 Å². The molecule has 2 rings (SSSR count). The molecule has 0 aliphatic carbocycles. The van der Waals surface area contributed by atoms with Gasteiger partial charge >= 0.3 is 5.97 Å². The Morgan fingerprint density at radius 3 is 2.50 bits per heavy atom. The van der Waals surface area contributed by atoms with E-state index in [0.29, 0.717) is 25.3 Å². The van der Waals surface area contributed by atoms with Crippen molar-refractivity contribution < 1.29 is 19.1 Å². The number of morpholine rings is 1. The van der Waals surface area contributed by atoms with Gasteiger partial charge in [-0.3, -0.25) is 14.5 Å². The van der Waals surface area contributed by atoms with Crippen LogP contribution in [0.25, 0.3) is 0 Å². The molecule has 0 radical (unpaired) electrons. The molecule has 6 heteroatoms. The second-order valence-electron chi connectivity index (χ2n) is 6.52. The minimum absolute atomic E-state index is 0.0312. The summed E-state index contributed by atoms with van der Waals surface area (Å²) in [6, 6.07) is 7.56. The molecule has 0 unspecified atom stereocenters. The van der Waals surface area contributed by atoms with Crippen molar-refractivity contribution in [3.05, 3.63) is 35.4 Å². The topological polar surface area (TPSA) is 59.1 Å². The van der Waals surface area contributed by atoms with Crippen LogP contribution < -0.4 is 0 Å². The van der Waals surface area contributed by atoms with Crippen molar-refractivity contribution in [2.45, 2.75) is 26.7 Å². The van der Waals surface area contributed by atoms with E-state index >= 15 is 0 Å². The molecule has 1 aromatic carbocycles. The lowest BCUT2D eigenvalue weighted by Crippen LogP contribution is -2.39. The number of carbonyl (C=O) groups is 2. The summed E-state index contributed by atoms with van der Waals surface area (Å²) in [5, 5.41) is 0. The van der Waals surface area contributed by atoms with E-state index in [4.69, 9.17) is 9.47 Å². The van der Waals surface area contributed by atoms with Gasteiger partial charge in [0.15, 0.2) is 0 Å². The molecule has 6 nitrogen and oxygen atoms in total. The summed E-state index contributed by atoms with van der Waals surface area (Å²) in [4.78, 5) is 28.7. The van der Waals surface area contributed by atoms with Gasteiger partial charge in [0.2, 0.25) is 0 Å². The smallest absolute Gasteiger partial charge is 0.307 e. The monoisotopic (exact) mass is 362 g/mol. The Hall–Kier alpha value is -1.92. The van der Waals surface area contributed by atoms with Gasteiger partial charge in [-0.1, -0.05) is 17.7 Å². The number of aryl methyl sites for hydroxylation is 1. The van der Waals surface area contributed by atoms with Gasteiger partial charge in [-0.25, -0.2) is 0 Å². The Balaban J connectivity index is 1.92. The van der Waals surface area contributed by atoms with Gasteiger partial charge in [0.25, 0.3) is 5.91 Å². The van der Waals surface area contributed by atoms with Crippen LogP contribution in [0.2, 0.25) is 0 Å². The number of rotatable bonds is 9. The first kappa shape index (κ1) is 20.4. The standard InChI is InChI=1S/C20H30N2O4/c1-3-26-19(23)9-12-22(11-4-10-21-13-15-25-16-14-21)20(24)18-7-5-17(2)6-8-18/h5-8H,3-4,9-16H2,1-2H3. The van der Waals surface area contributed by atoms with E-state index in [1.54, 1.807) is 11.8 Å². The van der Waals surface area contributed by atoms with Crippen LogP contribution in [0.4, 0.5) is 0 Å². The molecule has 1 heterocycles. The normalized spacial score (nSPS) is 14.8. The second kappa shape index (κ2) is 10.9. The Kier molecular flexibility index (Phi) is 8.58. The Morgan fingerprint density at radius 1 is 1.15 bits per heavy atom. The molecular weight excluding hydrogens is 332 g/mol. The van der Waals surface area contributed by atoms with Gasteiger partial charge in [-0.05, 0) is 32.4 Å². The van der Waals surface area contributed by atoms with E-state index in [2.05, 4.69) is 4.90 Å². The molecule has 0 bridgehead atoms. The third kappa shape index (κ3) is 6.77. The van der Waals surface area contributed by atoms with Crippen LogP contribution in [0.15, 0.2) is 24.3 Å². The Morgan fingerprint density at radius 2 is 1.85 bits per heavy atom. The van der Waals surface area contributed by atoms with Crippen LogP contribution in [-0.2, 0) is 14.3 Å². The summed E-state index contributed by atoms with van der Waals surface area (Å²) in [6.07, 6.45) is 1.10. The highest BCUT2D eigenvalue weighted by atomic mass is 16.5. The van der Waals surface area contributed by atoms with E-state index < -0.39 is 0 Å². The van der Waals surface area contributed by atoms with E-state index in [1.165, 1.54) is 0 Å². The molecule has 0 aromatic heterocycles. The maximum Gasteiger partial charge on any atom is 0.307 e. The molecule has 144 valence electrons. The van der Waals surface area contributed by atoms with E-state index in [0.717, 1.165) is 44.8 Å². The number of esters is 1. The van der Waals surface area contributed by atoms with Gasteiger partial charge in [-0.15, -0.1) is 0 Å². The second-order valence-corrected chi connectivity index (χ2v) is 6.52. The lowest BCUT2D eigenvalue weighted by molar-refractivity contribution is -0.143. The summed E-state index contributed by atoms with van der Waals surface area (Å²) in [5.74, 6) is -0.293. The van der Waals surface area contributed by atoms with Gasteiger partial charge in [0.05, 0.1) is 26.2 Å². The molecule has 1 aromatic rings. The highest BCUT2D eigenvalue weighted by Gasteiger charge is 2.18. The van der Waals surface area contributed by atoms with Crippen LogP contribution in [0.1, 0.15) is 35.7 Å². The largest absolute Gasteiger partial charge is 0.466 e. The molecule has 26 heavy (non-hydrogen) atoms. The minimum atomic E-state index is -0.262. The lowest BCUT2D eigenvalue weighted by Gasteiger charge is -2.28. The Bertz CT molecular complexity index is 568. The fraction of sp³-hybridized carbons (Fsp3) is 0.600. The predicted octanol–water partition coefficient (Wildman–Crippen LogP) is 2.11. The number of amides is 1. The zero-order valence-corrected chi connectivity index (χ0v) is 15.9. The van der Waals surface area contributed by atoms with E-state index in [9.17, 15) is 9.59 Å². The first-order valence-corrected chi connectivity index (χ1v) is 9.42. The van der Waals surface area contributed by atoms with Gasteiger partial charge in [-0.2, -0.15) is 0 Å². The predicted molar refractivity (Wildman–Crippen MR) is 100 cm³/mol. The fourth-order valence-electron chi connectivity index (χ4n) is 2.96. The highest BCUT2D eigenvalue weighted by molar-refractivity contribution is 5.94. The van der Waals surface area contributed by atoms with Crippen LogP contribution in [0.5, 0.6) is 0 Å². The van der Waals surface area contributed by atoms with Gasteiger partial charge in [0, 0.05) is 38.3 Å². The van der Waals surface area contributed by atoms with Gasteiger partial charge < -0.3 is 14.4 Å². The van der Waals surface area contributed by atoms with E-state index in [-0.39, 0.29) is 18.3 Å². The molecule has 1 saturated heterocycles. The molecule has 0 spiro atoms. The van der Waals surface area contributed by atoms with Crippen molar-refractivity contribution in [2.75, 3.05) is 52.5 Å². The third-order valence-electron chi connectivity index (χ3n) is 4.48.